The lowest BCUT2D eigenvalue weighted by molar-refractivity contribution is 0.0698. The van der Waals surface area contributed by atoms with Crippen molar-refractivity contribution in [3.63, 3.8) is 0 Å². The third-order valence-electron chi connectivity index (χ3n) is 4.68. The number of sulfonamides is 1. The van der Waals surface area contributed by atoms with Crippen molar-refractivity contribution in [2.24, 2.45) is 0 Å². The van der Waals surface area contributed by atoms with E-state index in [-0.39, 0.29) is 11.3 Å². The molecule has 2 N–H and O–H groups in total. The minimum absolute atomic E-state index is 0.0630. The molecule has 0 spiro atoms. The topological polar surface area (TPSA) is 99.2 Å². The normalized spacial score (nSPS) is 14.6. The summed E-state index contributed by atoms with van der Waals surface area (Å²) in [6.07, 6.45) is 0.992. The van der Waals surface area contributed by atoms with Crippen LogP contribution in [0.15, 0.2) is 42.5 Å². The predicted molar refractivity (Wildman–Crippen MR) is 114 cm³/mol. The van der Waals surface area contributed by atoms with Crippen molar-refractivity contribution in [3.05, 3.63) is 48.0 Å². The largest absolute Gasteiger partial charge is 0.492 e. The van der Waals surface area contributed by atoms with Crippen LogP contribution < -0.4 is 19.3 Å². The van der Waals surface area contributed by atoms with Crippen molar-refractivity contribution in [1.82, 2.24) is 0 Å². The van der Waals surface area contributed by atoms with Gasteiger partial charge in [0, 0.05) is 31.9 Å². The molecule has 0 bridgehead atoms. The Balaban J connectivity index is 1.76. The van der Waals surface area contributed by atoms with E-state index in [1.54, 1.807) is 6.07 Å². The van der Waals surface area contributed by atoms with Crippen LogP contribution in [0.25, 0.3) is 0 Å². The second kappa shape index (κ2) is 8.60. The summed E-state index contributed by atoms with van der Waals surface area (Å²) in [5.74, 6) is -0.324. The Labute approximate surface area is 170 Å². The first-order valence-electron chi connectivity index (χ1n) is 9.35. The maximum atomic E-state index is 11.6. The second-order valence-corrected chi connectivity index (χ2v) is 8.53. The van der Waals surface area contributed by atoms with Crippen molar-refractivity contribution in [1.29, 1.82) is 0 Å². The van der Waals surface area contributed by atoms with Crippen LogP contribution in [0, 0.1) is 0 Å². The highest BCUT2D eigenvalue weighted by molar-refractivity contribution is 7.92. The van der Waals surface area contributed by atoms with E-state index in [2.05, 4.69) is 14.5 Å². The number of benzene rings is 2. The number of nitrogens with one attached hydrogen (secondary N) is 1. The van der Waals surface area contributed by atoms with Crippen LogP contribution in [0.5, 0.6) is 5.75 Å². The summed E-state index contributed by atoms with van der Waals surface area (Å²) >= 11 is 0. The number of anilines is 3. The Morgan fingerprint density at radius 2 is 1.76 bits per heavy atom. The standard InChI is InChI=1S/C20H25N3O5S/c1-3-28-19-7-5-4-6-18(19)23-12-10-22(11-13-23)15-8-9-17(21-29(2,26)27)16(14-15)20(24)25/h4-9,14,21H,3,10-13H2,1-2H3,(H,24,25). The fourth-order valence-electron chi connectivity index (χ4n) is 3.40. The van der Waals surface area contributed by atoms with Crippen molar-refractivity contribution in [2.75, 3.05) is 53.6 Å². The molecule has 0 amide bonds. The first kappa shape index (κ1) is 20.8. The van der Waals surface area contributed by atoms with Crippen LogP contribution in [-0.2, 0) is 10.0 Å². The number of carbonyl (C=O) groups is 1. The molecule has 1 heterocycles. The maximum Gasteiger partial charge on any atom is 0.337 e. The highest BCUT2D eigenvalue weighted by Gasteiger charge is 2.22. The molecule has 0 unspecified atom stereocenters. The number of carboxylic acid groups (broad SMARTS) is 1. The van der Waals surface area contributed by atoms with Gasteiger partial charge in [0.2, 0.25) is 10.0 Å². The summed E-state index contributed by atoms with van der Waals surface area (Å²) in [7, 11) is -3.56. The number of para-hydroxylation sites is 2. The first-order chi connectivity index (χ1) is 13.8. The Bertz CT molecular complexity index is 985. The molecule has 1 aliphatic heterocycles. The van der Waals surface area contributed by atoms with E-state index in [0.717, 1.165) is 36.5 Å². The quantitative estimate of drug-likeness (QED) is 0.711. The van der Waals surface area contributed by atoms with Gasteiger partial charge in [0.15, 0.2) is 0 Å². The number of hydrogen-bond acceptors (Lipinski definition) is 6. The van der Waals surface area contributed by atoms with E-state index in [4.69, 9.17) is 4.74 Å². The Kier molecular flexibility index (Phi) is 6.17. The van der Waals surface area contributed by atoms with E-state index in [1.807, 2.05) is 31.2 Å². The minimum atomic E-state index is -3.56. The predicted octanol–water partition coefficient (Wildman–Crippen LogP) is 2.48. The van der Waals surface area contributed by atoms with E-state index in [1.165, 1.54) is 12.1 Å². The lowest BCUT2D eigenvalue weighted by atomic mass is 10.1. The van der Waals surface area contributed by atoms with Crippen molar-refractivity contribution >= 4 is 33.1 Å². The van der Waals surface area contributed by atoms with Gasteiger partial charge < -0.3 is 19.6 Å². The molecule has 2 aromatic carbocycles. The monoisotopic (exact) mass is 419 g/mol. The highest BCUT2D eigenvalue weighted by atomic mass is 32.2. The fraction of sp³-hybridized carbons (Fsp3) is 0.350. The van der Waals surface area contributed by atoms with Gasteiger partial charge in [0.1, 0.15) is 5.75 Å². The molecular formula is C20H25N3O5S. The lowest BCUT2D eigenvalue weighted by Gasteiger charge is -2.38. The van der Waals surface area contributed by atoms with Crippen LogP contribution in [-0.4, -0.2) is 58.5 Å². The first-order valence-corrected chi connectivity index (χ1v) is 11.2. The maximum absolute atomic E-state index is 11.6. The van der Waals surface area contributed by atoms with Crippen LogP contribution in [0.1, 0.15) is 17.3 Å². The molecule has 8 nitrogen and oxygen atoms in total. The smallest absolute Gasteiger partial charge is 0.337 e. The molecule has 156 valence electrons. The van der Waals surface area contributed by atoms with Gasteiger partial charge in [-0.2, -0.15) is 0 Å². The van der Waals surface area contributed by atoms with E-state index in [0.29, 0.717) is 19.7 Å². The van der Waals surface area contributed by atoms with Gasteiger partial charge in [-0.3, -0.25) is 4.72 Å². The molecule has 0 aliphatic carbocycles. The molecule has 0 saturated carbocycles. The number of piperazine rings is 1. The van der Waals surface area contributed by atoms with Gasteiger partial charge in [-0.05, 0) is 37.3 Å². The van der Waals surface area contributed by atoms with E-state index < -0.39 is 16.0 Å². The zero-order chi connectivity index (χ0) is 21.0. The van der Waals surface area contributed by atoms with Gasteiger partial charge in [-0.1, -0.05) is 12.1 Å². The summed E-state index contributed by atoms with van der Waals surface area (Å²) in [5, 5.41) is 9.48. The second-order valence-electron chi connectivity index (χ2n) is 6.78. The number of rotatable bonds is 7. The molecule has 1 saturated heterocycles. The Morgan fingerprint density at radius 3 is 2.38 bits per heavy atom. The van der Waals surface area contributed by atoms with Gasteiger partial charge in [-0.25, -0.2) is 13.2 Å². The van der Waals surface area contributed by atoms with Crippen molar-refractivity contribution in [3.8, 4) is 5.75 Å². The fourth-order valence-corrected chi connectivity index (χ4v) is 3.97. The Hall–Kier alpha value is -2.94. The third-order valence-corrected chi connectivity index (χ3v) is 5.27. The molecule has 1 fully saturated rings. The minimum Gasteiger partial charge on any atom is -0.492 e. The molecule has 1 aliphatic rings. The summed E-state index contributed by atoms with van der Waals surface area (Å²) < 4.78 is 30.9. The lowest BCUT2D eigenvalue weighted by Crippen LogP contribution is -2.46. The summed E-state index contributed by atoms with van der Waals surface area (Å²) in [4.78, 5) is 15.9. The summed E-state index contributed by atoms with van der Waals surface area (Å²) in [6, 6.07) is 12.7. The average molecular weight is 420 g/mol. The van der Waals surface area contributed by atoms with Gasteiger partial charge >= 0.3 is 5.97 Å². The van der Waals surface area contributed by atoms with Crippen LogP contribution in [0.2, 0.25) is 0 Å². The number of aromatic carboxylic acids is 1. The zero-order valence-corrected chi connectivity index (χ0v) is 17.3. The van der Waals surface area contributed by atoms with Crippen molar-refractivity contribution < 1.29 is 23.1 Å². The number of ether oxygens (including phenoxy) is 1. The number of carboxylic acids is 1. The van der Waals surface area contributed by atoms with Gasteiger partial charge in [0.25, 0.3) is 0 Å². The summed E-state index contributed by atoms with van der Waals surface area (Å²) in [6.45, 7) is 5.49. The molecule has 9 heteroatoms. The highest BCUT2D eigenvalue weighted by Crippen LogP contribution is 2.30. The van der Waals surface area contributed by atoms with Crippen LogP contribution in [0.4, 0.5) is 17.1 Å². The van der Waals surface area contributed by atoms with Crippen LogP contribution in [0.3, 0.4) is 0 Å². The zero-order valence-electron chi connectivity index (χ0n) is 16.5. The van der Waals surface area contributed by atoms with Crippen LogP contribution >= 0.6 is 0 Å². The molecule has 3 rings (SSSR count). The third kappa shape index (κ3) is 5.11. The van der Waals surface area contributed by atoms with Crippen molar-refractivity contribution in [2.45, 2.75) is 6.92 Å². The van der Waals surface area contributed by atoms with Gasteiger partial charge in [-0.15, -0.1) is 0 Å². The van der Waals surface area contributed by atoms with Gasteiger partial charge in [0.05, 0.1) is 29.8 Å². The number of hydrogen-bond donors (Lipinski definition) is 2. The SMILES string of the molecule is CCOc1ccccc1N1CCN(c2ccc(NS(C)(=O)=O)c(C(=O)O)c2)CC1. The molecule has 0 radical (unpaired) electrons. The average Bonchev–Trinajstić information content (AvgIpc) is 2.68. The number of nitrogens with zero attached hydrogens (tertiary/aromatic N) is 2. The van der Waals surface area contributed by atoms with E-state index in [9.17, 15) is 18.3 Å². The molecule has 2 aromatic rings. The molecule has 29 heavy (non-hydrogen) atoms. The van der Waals surface area contributed by atoms with E-state index >= 15 is 0 Å². The molecule has 0 atom stereocenters. The Morgan fingerprint density at radius 1 is 1.10 bits per heavy atom. The molecular weight excluding hydrogens is 394 g/mol. The summed E-state index contributed by atoms with van der Waals surface area (Å²) in [5.41, 5.74) is 1.79. The molecule has 0 aromatic heterocycles.